The van der Waals surface area contributed by atoms with Crippen LogP contribution in [-0.4, -0.2) is 43.0 Å². The van der Waals surface area contributed by atoms with E-state index < -0.39 is 5.91 Å². The number of carbonyl (C=O) groups excluding carboxylic acids is 1. The van der Waals surface area contributed by atoms with E-state index in [4.69, 9.17) is 23.1 Å². The predicted octanol–water partition coefficient (Wildman–Crippen LogP) is 2.23. The standard InChI is InChI=1S/C19H22ClN9O/c20-11-7-12(9-13(8-11)29-24-5-6-25-29)26-18-14(17(22)30)10-23-19(28-18)27-16-4-2-1-3-15(16)21/h5-10,15-16H,1-4,21H2,(H2,22,30)(H2,23,26,27,28)/t15-,16+/m0/s1. The minimum atomic E-state index is -0.644. The molecule has 4 rings (SSSR count). The average Bonchev–Trinajstić information content (AvgIpc) is 3.24. The Kier molecular flexibility index (Phi) is 5.77. The molecule has 0 bridgehead atoms. The van der Waals surface area contributed by atoms with Gasteiger partial charge in [-0.1, -0.05) is 24.4 Å². The van der Waals surface area contributed by atoms with Crippen molar-refractivity contribution in [2.75, 3.05) is 10.6 Å². The number of primary amides is 1. The third kappa shape index (κ3) is 4.50. The van der Waals surface area contributed by atoms with Crippen LogP contribution in [0.3, 0.4) is 0 Å². The zero-order chi connectivity index (χ0) is 21.1. The Bertz CT molecular complexity index is 1040. The number of nitrogens with one attached hydrogen (secondary N) is 2. The van der Waals surface area contributed by atoms with Gasteiger partial charge in [0, 0.05) is 29.0 Å². The lowest BCUT2D eigenvalue weighted by Gasteiger charge is -2.29. The summed E-state index contributed by atoms with van der Waals surface area (Å²) in [6.07, 6.45) is 8.65. The molecule has 1 fully saturated rings. The Hall–Kier alpha value is -3.24. The van der Waals surface area contributed by atoms with E-state index in [2.05, 4.69) is 30.8 Å². The second-order valence-corrected chi connectivity index (χ2v) is 7.60. The van der Waals surface area contributed by atoms with Crippen LogP contribution in [0.2, 0.25) is 5.02 Å². The van der Waals surface area contributed by atoms with Crippen LogP contribution in [0, 0.1) is 0 Å². The molecule has 2 heterocycles. The normalized spacial score (nSPS) is 18.7. The molecule has 1 aliphatic carbocycles. The fraction of sp³-hybridized carbons (Fsp3) is 0.316. The van der Waals surface area contributed by atoms with Crippen molar-refractivity contribution in [1.82, 2.24) is 25.0 Å². The number of hydrogen-bond donors (Lipinski definition) is 4. The molecule has 156 valence electrons. The summed E-state index contributed by atoms with van der Waals surface area (Å²) in [6, 6.07) is 5.31. The molecule has 1 saturated carbocycles. The summed E-state index contributed by atoms with van der Waals surface area (Å²) in [5.74, 6) is 0.00118. The number of carbonyl (C=O) groups is 1. The lowest BCUT2D eigenvalue weighted by atomic mass is 9.91. The lowest BCUT2D eigenvalue weighted by Crippen LogP contribution is -2.43. The predicted molar refractivity (Wildman–Crippen MR) is 114 cm³/mol. The fourth-order valence-corrected chi connectivity index (χ4v) is 3.71. The first-order valence-corrected chi connectivity index (χ1v) is 10.0. The molecule has 0 aliphatic heterocycles. The zero-order valence-electron chi connectivity index (χ0n) is 16.1. The summed E-state index contributed by atoms with van der Waals surface area (Å²) in [5, 5.41) is 15.1. The van der Waals surface area contributed by atoms with Crippen molar-refractivity contribution in [3.63, 3.8) is 0 Å². The number of aromatic nitrogens is 5. The number of anilines is 3. The first kappa shape index (κ1) is 20.0. The van der Waals surface area contributed by atoms with E-state index in [0.717, 1.165) is 25.7 Å². The van der Waals surface area contributed by atoms with Gasteiger partial charge in [0.25, 0.3) is 5.91 Å². The monoisotopic (exact) mass is 427 g/mol. The van der Waals surface area contributed by atoms with E-state index in [-0.39, 0.29) is 23.5 Å². The molecule has 1 aliphatic rings. The molecule has 2 atom stereocenters. The van der Waals surface area contributed by atoms with Crippen LogP contribution < -0.4 is 22.1 Å². The molecule has 1 amide bonds. The summed E-state index contributed by atoms with van der Waals surface area (Å²) >= 11 is 6.25. The van der Waals surface area contributed by atoms with Gasteiger partial charge in [-0.3, -0.25) is 4.79 Å². The minimum absolute atomic E-state index is 0.0339. The quantitative estimate of drug-likeness (QED) is 0.467. The van der Waals surface area contributed by atoms with E-state index in [1.807, 2.05) is 0 Å². The molecular weight excluding hydrogens is 406 g/mol. The highest BCUT2D eigenvalue weighted by atomic mass is 35.5. The summed E-state index contributed by atoms with van der Waals surface area (Å²) < 4.78 is 0. The second-order valence-electron chi connectivity index (χ2n) is 7.16. The van der Waals surface area contributed by atoms with Gasteiger partial charge in [0.05, 0.1) is 18.1 Å². The smallest absolute Gasteiger partial charge is 0.254 e. The first-order chi connectivity index (χ1) is 14.5. The fourth-order valence-electron chi connectivity index (χ4n) is 3.48. The number of amides is 1. The van der Waals surface area contributed by atoms with Gasteiger partial charge in [-0.2, -0.15) is 20.0 Å². The Balaban J connectivity index is 1.63. The van der Waals surface area contributed by atoms with Gasteiger partial charge in [0.1, 0.15) is 11.4 Å². The molecule has 0 spiro atoms. The van der Waals surface area contributed by atoms with Gasteiger partial charge < -0.3 is 22.1 Å². The molecular formula is C19H22ClN9O. The van der Waals surface area contributed by atoms with Gasteiger partial charge >= 0.3 is 0 Å². The lowest BCUT2D eigenvalue weighted by molar-refractivity contribution is 0.100. The van der Waals surface area contributed by atoms with Crippen molar-refractivity contribution in [3.8, 4) is 5.69 Å². The Labute approximate surface area is 178 Å². The van der Waals surface area contributed by atoms with Crippen LogP contribution in [0.25, 0.3) is 5.69 Å². The van der Waals surface area contributed by atoms with Crippen LogP contribution in [0.1, 0.15) is 36.0 Å². The van der Waals surface area contributed by atoms with Crippen LogP contribution in [0.15, 0.2) is 36.8 Å². The van der Waals surface area contributed by atoms with Crippen LogP contribution in [-0.2, 0) is 0 Å². The van der Waals surface area contributed by atoms with Crippen molar-refractivity contribution in [1.29, 1.82) is 0 Å². The maximum Gasteiger partial charge on any atom is 0.254 e. The van der Waals surface area contributed by atoms with Crippen molar-refractivity contribution < 1.29 is 4.79 Å². The third-order valence-corrected chi connectivity index (χ3v) is 5.20. The highest BCUT2D eigenvalue weighted by Gasteiger charge is 2.23. The average molecular weight is 428 g/mol. The summed E-state index contributed by atoms with van der Waals surface area (Å²) in [5.41, 5.74) is 13.1. The maximum absolute atomic E-state index is 11.9. The topological polar surface area (TPSA) is 150 Å². The minimum Gasteiger partial charge on any atom is -0.365 e. The first-order valence-electron chi connectivity index (χ1n) is 9.63. The second kappa shape index (κ2) is 8.64. The molecule has 6 N–H and O–H groups in total. The highest BCUT2D eigenvalue weighted by Crippen LogP contribution is 2.26. The van der Waals surface area contributed by atoms with Crippen molar-refractivity contribution in [2.45, 2.75) is 37.8 Å². The molecule has 2 aromatic heterocycles. The van der Waals surface area contributed by atoms with E-state index in [0.29, 0.717) is 22.3 Å². The molecule has 10 nitrogen and oxygen atoms in total. The van der Waals surface area contributed by atoms with Gasteiger partial charge in [-0.05, 0) is 31.0 Å². The number of nitrogens with zero attached hydrogens (tertiary/aromatic N) is 5. The van der Waals surface area contributed by atoms with Gasteiger partial charge in [0.15, 0.2) is 0 Å². The zero-order valence-corrected chi connectivity index (χ0v) is 16.9. The Morgan fingerprint density at radius 2 is 1.93 bits per heavy atom. The molecule has 30 heavy (non-hydrogen) atoms. The Morgan fingerprint density at radius 1 is 1.17 bits per heavy atom. The van der Waals surface area contributed by atoms with E-state index in [1.54, 1.807) is 30.6 Å². The largest absolute Gasteiger partial charge is 0.365 e. The molecule has 11 heteroatoms. The Morgan fingerprint density at radius 3 is 2.67 bits per heavy atom. The summed E-state index contributed by atoms with van der Waals surface area (Å²) in [6.45, 7) is 0. The van der Waals surface area contributed by atoms with Gasteiger partial charge in [0.2, 0.25) is 5.95 Å². The third-order valence-electron chi connectivity index (χ3n) is 4.98. The molecule has 3 aromatic rings. The molecule has 1 aromatic carbocycles. The van der Waals surface area contributed by atoms with Crippen LogP contribution in [0.5, 0.6) is 0 Å². The van der Waals surface area contributed by atoms with E-state index in [9.17, 15) is 4.79 Å². The van der Waals surface area contributed by atoms with Crippen molar-refractivity contribution >= 4 is 35.0 Å². The molecule has 0 radical (unpaired) electrons. The number of rotatable bonds is 6. The van der Waals surface area contributed by atoms with Crippen LogP contribution in [0.4, 0.5) is 17.5 Å². The number of benzene rings is 1. The SMILES string of the molecule is NC(=O)c1cnc(N[C@@H]2CCCC[C@@H]2N)nc1Nc1cc(Cl)cc(-n2nccn2)c1. The number of hydrogen-bond acceptors (Lipinski definition) is 8. The van der Waals surface area contributed by atoms with E-state index in [1.165, 1.54) is 11.0 Å². The summed E-state index contributed by atoms with van der Waals surface area (Å²) in [4.78, 5) is 22.0. The summed E-state index contributed by atoms with van der Waals surface area (Å²) in [7, 11) is 0. The van der Waals surface area contributed by atoms with Crippen molar-refractivity contribution in [3.05, 3.63) is 47.4 Å². The molecule has 0 saturated heterocycles. The number of nitrogens with two attached hydrogens (primary N) is 2. The van der Waals surface area contributed by atoms with Crippen molar-refractivity contribution in [2.24, 2.45) is 11.5 Å². The van der Waals surface area contributed by atoms with Gasteiger partial charge in [-0.25, -0.2) is 4.98 Å². The van der Waals surface area contributed by atoms with E-state index >= 15 is 0 Å². The van der Waals surface area contributed by atoms with Gasteiger partial charge in [-0.15, -0.1) is 0 Å². The van der Waals surface area contributed by atoms with Crippen LogP contribution >= 0.6 is 11.6 Å². The highest BCUT2D eigenvalue weighted by molar-refractivity contribution is 6.31. The maximum atomic E-state index is 11.9. The molecule has 0 unspecified atom stereocenters. The number of halogens is 1.